The fourth-order valence-corrected chi connectivity index (χ4v) is 8.62. The Kier molecular flexibility index (Phi) is 5.84. The van der Waals surface area contributed by atoms with Crippen LogP contribution in [0.4, 0.5) is 10.2 Å². The van der Waals surface area contributed by atoms with Gasteiger partial charge in [0.1, 0.15) is 5.82 Å². The number of likely N-dealkylation sites (tertiary alicyclic amines) is 1. The number of fused-ring (bicyclic) bond motifs is 3. The first kappa shape index (κ1) is 22.7. The molecule has 4 aliphatic rings. The molecule has 34 heavy (non-hydrogen) atoms. The van der Waals surface area contributed by atoms with E-state index in [9.17, 15) is 4.39 Å². The van der Waals surface area contributed by atoms with Gasteiger partial charge < -0.3 is 9.80 Å². The zero-order valence-electron chi connectivity index (χ0n) is 20.4. The molecule has 3 heterocycles. The lowest BCUT2D eigenvalue weighted by Gasteiger charge is -2.51. The van der Waals surface area contributed by atoms with Crippen LogP contribution in [0.15, 0.2) is 30.3 Å². The molecule has 2 aliphatic carbocycles. The smallest absolute Gasteiger partial charge is 0.151 e. The molecular formula is C28H36ClFN4. The van der Waals surface area contributed by atoms with Gasteiger partial charge >= 0.3 is 0 Å². The molecule has 0 radical (unpaired) electrons. The molecule has 1 aromatic carbocycles. The molecular weight excluding hydrogens is 447 g/mol. The second-order valence-corrected chi connectivity index (χ2v) is 12.5. The summed E-state index contributed by atoms with van der Waals surface area (Å²) in [5.41, 5.74) is 1.94. The normalized spacial score (nSPS) is 35.5. The highest BCUT2D eigenvalue weighted by molar-refractivity contribution is 6.33. The summed E-state index contributed by atoms with van der Waals surface area (Å²) in [6.45, 7) is 9.68. The maximum Gasteiger partial charge on any atom is 0.151 e. The van der Waals surface area contributed by atoms with E-state index >= 15 is 0 Å². The third-order valence-electron chi connectivity index (χ3n) is 9.09. The SMILES string of the molecule is CC1CC2CC(C)CC(CN3CC4CCN(c5ccc(-c6ccc(F)cc6Cl)nn5)C4C3)(C1)C2. The second-order valence-electron chi connectivity index (χ2n) is 12.1. The molecule has 0 N–H and O–H groups in total. The van der Waals surface area contributed by atoms with Gasteiger partial charge in [0.05, 0.1) is 10.7 Å². The fourth-order valence-electron chi connectivity index (χ4n) is 8.36. The van der Waals surface area contributed by atoms with Crippen LogP contribution in [-0.4, -0.2) is 47.3 Å². The summed E-state index contributed by atoms with van der Waals surface area (Å²) in [4.78, 5) is 5.26. The van der Waals surface area contributed by atoms with Crippen molar-refractivity contribution in [2.75, 3.05) is 31.1 Å². The van der Waals surface area contributed by atoms with Crippen molar-refractivity contribution in [1.82, 2.24) is 15.1 Å². The third-order valence-corrected chi connectivity index (χ3v) is 9.40. The van der Waals surface area contributed by atoms with E-state index in [4.69, 9.17) is 11.6 Å². The van der Waals surface area contributed by atoms with Gasteiger partial charge in [-0.3, -0.25) is 0 Å². The van der Waals surface area contributed by atoms with Crippen LogP contribution in [0, 0.1) is 34.9 Å². The number of hydrogen-bond acceptors (Lipinski definition) is 4. The number of benzene rings is 1. The predicted molar refractivity (Wildman–Crippen MR) is 135 cm³/mol. The van der Waals surface area contributed by atoms with Crippen molar-refractivity contribution < 1.29 is 4.39 Å². The predicted octanol–water partition coefficient (Wildman–Crippen LogP) is 6.30. The average molecular weight is 483 g/mol. The van der Waals surface area contributed by atoms with Gasteiger partial charge in [0.15, 0.2) is 5.82 Å². The lowest BCUT2D eigenvalue weighted by atomic mass is 9.56. The van der Waals surface area contributed by atoms with Gasteiger partial charge in [0.25, 0.3) is 0 Å². The van der Waals surface area contributed by atoms with Crippen LogP contribution in [0.5, 0.6) is 0 Å². The molecule has 2 saturated heterocycles. The molecule has 6 heteroatoms. The van der Waals surface area contributed by atoms with E-state index in [0.29, 0.717) is 22.2 Å². The van der Waals surface area contributed by atoms with E-state index in [1.165, 1.54) is 63.7 Å². The number of rotatable bonds is 4. The van der Waals surface area contributed by atoms with E-state index in [0.717, 1.165) is 48.1 Å². The van der Waals surface area contributed by atoms with Crippen molar-refractivity contribution in [3.05, 3.63) is 41.2 Å². The van der Waals surface area contributed by atoms with E-state index in [2.05, 4.69) is 39.9 Å². The Balaban J connectivity index is 1.15. The first-order chi connectivity index (χ1) is 16.4. The minimum absolute atomic E-state index is 0.340. The van der Waals surface area contributed by atoms with Crippen LogP contribution in [0.1, 0.15) is 52.4 Å². The van der Waals surface area contributed by atoms with Crippen molar-refractivity contribution in [3.8, 4) is 11.3 Å². The topological polar surface area (TPSA) is 32.3 Å². The van der Waals surface area contributed by atoms with Gasteiger partial charge in [-0.1, -0.05) is 25.4 Å². The van der Waals surface area contributed by atoms with Gasteiger partial charge in [-0.25, -0.2) is 4.39 Å². The maximum absolute atomic E-state index is 13.4. The molecule has 6 rings (SSSR count). The van der Waals surface area contributed by atoms with Crippen molar-refractivity contribution in [2.24, 2.45) is 29.1 Å². The monoisotopic (exact) mass is 482 g/mol. The highest BCUT2D eigenvalue weighted by Gasteiger charge is 2.48. The largest absolute Gasteiger partial charge is 0.351 e. The Morgan fingerprint density at radius 1 is 1.03 bits per heavy atom. The summed E-state index contributed by atoms with van der Waals surface area (Å²) in [6.07, 6.45) is 8.42. The van der Waals surface area contributed by atoms with Gasteiger partial charge in [-0.05, 0) is 97.9 Å². The number of nitrogens with zero attached hydrogens (tertiary/aromatic N) is 4. The van der Waals surface area contributed by atoms with Crippen LogP contribution in [0.2, 0.25) is 5.02 Å². The summed E-state index contributed by atoms with van der Waals surface area (Å²) in [5, 5.41) is 9.40. The molecule has 4 nitrogen and oxygen atoms in total. The van der Waals surface area contributed by atoms with E-state index in [1.54, 1.807) is 6.07 Å². The lowest BCUT2D eigenvalue weighted by Crippen LogP contribution is -2.47. The Hall–Kier alpha value is -1.72. The number of aromatic nitrogens is 2. The highest BCUT2D eigenvalue weighted by Crippen LogP contribution is 2.53. The molecule has 2 aromatic rings. The van der Waals surface area contributed by atoms with E-state index in [1.807, 2.05) is 6.07 Å². The molecule has 4 atom stereocenters. The van der Waals surface area contributed by atoms with Crippen molar-refractivity contribution in [3.63, 3.8) is 0 Å². The van der Waals surface area contributed by atoms with Crippen molar-refractivity contribution >= 4 is 17.4 Å². The minimum atomic E-state index is -0.340. The standard InChI is InChI=1S/C28H36ClFN4/c1-18-9-20-10-19(2)13-28(12-18,14-20)17-33-15-21-7-8-34(26(21)16-33)27-6-5-25(31-32-27)23-4-3-22(30)11-24(23)29/h3-6,11,18-21,26H,7-10,12-17H2,1-2H3. The molecule has 2 saturated carbocycles. The summed E-state index contributed by atoms with van der Waals surface area (Å²) in [7, 11) is 0. The molecule has 182 valence electrons. The summed E-state index contributed by atoms with van der Waals surface area (Å²) >= 11 is 6.23. The highest BCUT2D eigenvalue weighted by atomic mass is 35.5. The van der Waals surface area contributed by atoms with Crippen LogP contribution < -0.4 is 4.90 Å². The van der Waals surface area contributed by atoms with Gasteiger partial charge in [0.2, 0.25) is 0 Å². The molecule has 0 spiro atoms. The van der Waals surface area contributed by atoms with Crippen molar-refractivity contribution in [2.45, 2.75) is 58.4 Å². The fraction of sp³-hybridized carbons (Fsp3) is 0.643. The summed E-state index contributed by atoms with van der Waals surface area (Å²) < 4.78 is 13.4. The van der Waals surface area contributed by atoms with Crippen LogP contribution in [0.3, 0.4) is 0 Å². The van der Waals surface area contributed by atoms with Crippen LogP contribution in [0.25, 0.3) is 11.3 Å². The first-order valence-corrected chi connectivity index (χ1v) is 13.5. The quantitative estimate of drug-likeness (QED) is 0.512. The second kappa shape index (κ2) is 8.74. The average Bonchev–Trinajstić information content (AvgIpc) is 3.32. The number of halogens is 2. The summed E-state index contributed by atoms with van der Waals surface area (Å²) in [6, 6.07) is 8.96. The Morgan fingerprint density at radius 3 is 2.53 bits per heavy atom. The van der Waals surface area contributed by atoms with Gasteiger partial charge in [0, 0.05) is 37.8 Å². The Bertz CT molecular complexity index is 1020. The lowest BCUT2D eigenvalue weighted by molar-refractivity contribution is -0.00603. The summed E-state index contributed by atoms with van der Waals surface area (Å²) in [5.74, 6) is 4.05. The minimum Gasteiger partial charge on any atom is -0.351 e. The first-order valence-electron chi connectivity index (χ1n) is 13.2. The molecule has 2 bridgehead atoms. The molecule has 4 unspecified atom stereocenters. The van der Waals surface area contributed by atoms with Crippen LogP contribution in [-0.2, 0) is 0 Å². The van der Waals surface area contributed by atoms with Crippen molar-refractivity contribution in [1.29, 1.82) is 0 Å². The number of anilines is 1. The van der Waals surface area contributed by atoms with Gasteiger partial charge in [-0.2, -0.15) is 0 Å². The van der Waals surface area contributed by atoms with E-state index in [-0.39, 0.29) is 5.82 Å². The Morgan fingerprint density at radius 2 is 1.82 bits per heavy atom. The number of hydrogen-bond donors (Lipinski definition) is 0. The van der Waals surface area contributed by atoms with E-state index < -0.39 is 0 Å². The molecule has 0 amide bonds. The maximum atomic E-state index is 13.4. The third kappa shape index (κ3) is 4.24. The molecule has 1 aromatic heterocycles. The zero-order chi connectivity index (χ0) is 23.4. The van der Waals surface area contributed by atoms with Crippen LogP contribution >= 0.6 is 11.6 Å². The molecule has 2 aliphatic heterocycles. The zero-order valence-corrected chi connectivity index (χ0v) is 21.1. The van der Waals surface area contributed by atoms with Gasteiger partial charge in [-0.15, -0.1) is 10.2 Å². The Labute approximate surface area is 207 Å². The molecule has 4 fully saturated rings.